The van der Waals surface area contributed by atoms with Crippen molar-refractivity contribution < 1.29 is 13.6 Å². The number of aromatic amines is 1. The van der Waals surface area contributed by atoms with Crippen LogP contribution in [-0.2, 0) is 0 Å². The maximum absolute atomic E-state index is 14.0. The minimum absolute atomic E-state index is 0.0214. The van der Waals surface area contributed by atoms with Gasteiger partial charge in [-0.1, -0.05) is 18.2 Å². The molecule has 0 spiro atoms. The molecular weight excluding hydrogens is 432 g/mol. The molecule has 0 saturated carbocycles. The first-order chi connectivity index (χ1) is 15.9. The van der Waals surface area contributed by atoms with Crippen LogP contribution in [0.3, 0.4) is 0 Å². The Bertz CT molecular complexity index is 1570. The number of halogens is 2. The number of aryl methyl sites for hydroxylation is 1. The van der Waals surface area contributed by atoms with E-state index in [0.717, 1.165) is 12.1 Å². The van der Waals surface area contributed by atoms with Crippen LogP contribution in [0, 0.1) is 18.6 Å². The van der Waals surface area contributed by atoms with E-state index in [1.165, 1.54) is 21.6 Å². The summed E-state index contributed by atoms with van der Waals surface area (Å²) >= 11 is 0. The molecule has 5 rings (SSSR count). The molecule has 2 N–H and O–H groups in total. The molecule has 0 atom stereocenters. The van der Waals surface area contributed by atoms with Gasteiger partial charge >= 0.3 is 0 Å². The molecule has 0 aliphatic rings. The van der Waals surface area contributed by atoms with Gasteiger partial charge in [-0.3, -0.25) is 14.6 Å². The molecule has 0 unspecified atom stereocenters. The first-order valence-electron chi connectivity index (χ1n) is 9.77. The zero-order valence-corrected chi connectivity index (χ0v) is 17.1. The highest BCUT2D eigenvalue weighted by Crippen LogP contribution is 2.19. The van der Waals surface area contributed by atoms with Gasteiger partial charge in [0.25, 0.3) is 11.5 Å². The lowest BCUT2D eigenvalue weighted by molar-refractivity contribution is 0.102. The van der Waals surface area contributed by atoms with Crippen molar-refractivity contribution in [1.82, 2.24) is 29.5 Å². The summed E-state index contributed by atoms with van der Waals surface area (Å²) in [5, 5.41) is 11.3. The van der Waals surface area contributed by atoms with E-state index in [9.17, 15) is 18.4 Å². The highest BCUT2D eigenvalue weighted by Gasteiger charge is 2.19. The second-order valence-corrected chi connectivity index (χ2v) is 7.18. The molecule has 1 amide bonds. The van der Waals surface area contributed by atoms with Gasteiger partial charge in [0.1, 0.15) is 22.8 Å². The number of hydrogen-bond donors (Lipinski definition) is 2. The normalized spacial score (nSPS) is 11.1. The number of rotatable bonds is 4. The van der Waals surface area contributed by atoms with Gasteiger partial charge in [0, 0.05) is 12.1 Å². The Balaban J connectivity index is 1.58. The lowest BCUT2D eigenvalue weighted by Gasteiger charge is -2.09. The summed E-state index contributed by atoms with van der Waals surface area (Å²) in [5.74, 6) is -2.46. The third kappa shape index (κ3) is 3.65. The number of amides is 1. The summed E-state index contributed by atoms with van der Waals surface area (Å²) in [5.41, 5.74) is 0.695. The van der Waals surface area contributed by atoms with Crippen LogP contribution in [0.2, 0.25) is 0 Å². The van der Waals surface area contributed by atoms with Crippen molar-refractivity contribution in [3.63, 3.8) is 0 Å². The third-order valence-corrected chi connectivity index (χ3v) is 4.88. The minimum Gasteiger partial charge on any atom is -0.306 e. The van der Waals surface area contributed by atoms with E-state index in [4.69, 9.17) is 0 Å². The topological polar surface area (TPSA) is 110 Å². The molecule has 0 saturated heterocycles. The van der Waals surface area contributed by atoms with Gasteiger partial charge in [-0.05, 0) is 31.2 Å². The molecule has 11 heteroatoms. The molecule has 0 fully saturated rings. The van der Waals surface area contributed by atoms with Gasteiger partial charge in [0.2, 0.25) is 5.95 Å². The fraction of sp³-hybridized carbons (Fsp3) is 0.0455. The molecule has 164 valence electrons. The lowest BCUT2D eigenvalue weighted by Crippen LogP contribution is -2.19. The molecule has 0 bridgehead atoms. The van der Waals surface area contributed by atoms with E-state index in [2.05, 4.69) is 25.5 Å². The summed E-state index contributed by atoms with van der Waals surface area (Å²) in [6.45, 7) is 1.68. The molecular formula is C22H15F2N7O2. The van der Waals surface area contributed by atoms with Crippen molar-refractivity contribution in [3.8, 4) is 11.6 Å². The number of benzene rings is 2. The number of hydrogen-bond acceptors (Lipinski definition) is 5. The van der Waals surface area contributed by atoms with E-state index < -0.39 is 23.1 Å². The highest BCUT2D eigenvalue weighted by atomic mass is 19.1. The molecule has 9 nitrogen and oxygen atoms in total. The number of carbonyl (C=O) groups excluding carboxylic acids is 1. The van der Waals surface area contributed by atoms with E-state index in [1.54, 1.807) is 6.92 Å². The van der Waals surface area contributed by atoms with Gasteiger partial charge in [-0.2, -0.15) is 19.9 Å². The van der Waals surface area contributed by atoms with Crippen molar-refractivity contribution in [2.75, 3.05) is 5.32 Å². The Hall–Kier alpha value is -4.67. The quantitative estimate of drug-likeness (QED) is 0.440. The largest absolute Gasteiger partial charge is 0.306 e. The Morgan fingerprint density at radius 1 is 1.06 bits per heavy atom. The maximum atomic E-state index is 14.0. The van der Waals surface area contributed by atoms with E-state index in [-0.39, 0.29) is 28.4 Å². The number of anilines is 1. The Labute approximate surface area is 184 Å². The number of carbonyl (C=O) groups is 1. The van der Waals surface area contributed by atoms with Gasteiger partial charge < -0.3 is 5.32 Å². The van der Waals surface area contributed by atoms with E-state index in [0.29, 0.717) is 17.4 Å². The second-order valence-electron chi connectivity index (χ2n) is 7.18. The van der Waals surface area contributed by atoms with Crippen molar-refractivity contribution in [1.29, 1.82) is 0 Å². The molecule has 0 aliphatic carbocycles. The van der Waals surface area contributed by atoms with Crippen molar-refractivity contribution in [3.05, 3.63) is 94.0 Å². The summed E-state index contributed by atoms with van der Waals surface area (Å²) in [6.07, 6.45) is 1.41. The second kappa shape index (κ2) is 7.79. The predicted molar refractivity (Wildman–Crippen MR) is 116 cm³/mol. The lowest BCUT2D eigenvalue weighted by atomic mass is 10.2. The summed E-state index contributed by atoms with van der Waals surface area (Å²) < 4.78 is 30.0. The van der Waals surface area contributed by atoms with Crippen molar-refractivity contribution >= 4 is 22.8 Å². The molecule has 3 aromatic heterocycles. The zero-order valence-electron chi connectivity index (χ0n) is 17.1. The van der Waals surface area contributed by atoms with Gasteiger partial charge in [0.05, 0.1) is 23.1 Å². The summed E-state index contributed by atoms with van der Waals surface area (Å²) in [4.78, 5) is 32.4. The van der Waals surface area contributed by atoms with Crippen LogP contribution in [0.25, 0.3) is 22.7 Å². The van der Waals surface area contributed by atoms with Crippen LogP contribution in [0.15, 0.2) is 65.6 Å². The van der Waals surface area contributed by atoms with Crippen LogP contribution in [0.4, 0.5) is 14.6 Å². The highest BCUT2D eigenvalue weighted by molar-refractivity contribution is 6.04. The number of para-hydroxylation sites is 1. The summed E-state index contributed by atoms with van der Waals surface area (Å²) in [6, 6.07) is 13.3. The average Bonchev–Trinajstić information content (AvgIpc) is 3.38. The van der Waals surface area contributed by atoms with Crippen LogP contribution in [0.1, 0.15) is 16.1 Å². The number of aromatic nitrogens is 6. The molecule has 3 heterocycles. The zero-order chi connectivity index (χ0) is 23.1. The SMILES string of the molecule is Cc1cc(NC(=O)c2ccc(F)cc2F)n(-c2nc3c(cnn3-c3ccccc3)c(=O)[nH]2)n1. The van der Waals surface area contributed by atoms with Crippen LogP contribution < -0.4 is 10.9 Å². The smallest absolute Gasteiger partial charge is 0.263 e. The molecule has 0 aliphatic heterocycles. The van der Waals surface area contributed by atoms with Gasteiger partial charge in [0.15, 0.2) is 5.65 Å². The van der Waals surface area contributed by atoms with Gasteiger partial charge in [-0.25, -0.2) is 13.5 Å². The molecule has 5 aromatic rings. The average molecular weight is 447 g/mol. The first-order valence-corrected chi connectivity index (χ1v) is 9.77. The number of fused-ring (bicyclic) bond motifs is 1. The van der Waals surface area contributed by atoms with Crippen LogP contribution in [-0.4, -0.2) is 35.4 Å². The van der Waals surface area contributed by atoms with Gasteiger partial charge in [-0.15, -0.1) is 0 Å². The molecule has 33 heavy (non-hydrogen) atoms. The van der Waals surface area contributed by atoms with Crippen LogP contribution in [0.5, 0.6) is 0 Å². The third-order valence-electron chi connectivity index (χ3n) is 4.88. The minimum atomic E-state index is -1.00. The number of H-pyrrole nitrogens is 1. The Morgan fingerprint density at radius 3 is 2.61 bits per heavy atom. The molecule has 0 radical (unpaired) electrons. The fourth-order valence-corrected chi connectivity index (χ4v) is 3.37. The molecule has 2 aromatic carbocycles. The first kappa shape index (κ1) is 20.2. The summed E-state index contributed by atoms with van der Waals surface area (Å²) in [7, 11) is 0. The predicted octanol–water partition coefficient (Wildman–Crippen LogP) is 3.13. The Kier molecular flexibility index (Phi) is 4.78. The van der Waals surface area contributed by atoms with E-state index in [1.807, 2.05) is 30.3 Å². The maximum Gasteiger partial charge on any atom is 0.263 e. The van der Waals surface area contributed by atoms with E-state index >= 15 is 0 Å². The van der Waals surface area contributed by atoms with Crippen LogP contribution >= 0.6 is 0 Å². The van der Waals surface area contributed by atoms with Crippen molar-refractivity contribution in [2.24, 2.45) is 0 Å². The number of nitrogens with zero attached hydrogens (tertiary/aromatic N) is 5. The fourth-order valence-electron chi connectivity index (χ4n) is 3.37. The standard InChI is InChI=1S/C22H15F2N7O2/c1-12-9-18(26-20(32)15-8-7-13(23)10-17(15)24)31(29-12)22-27-19-16(21(33)28-22)11-25-30(19)14-5-3-2-4-6-14/h2-11H,1H3,(H,26,32)(H,27,28,33). The monoisotopic (exact) mass is 447 g/mol. The number of nitrogens with one attached hydrogen (secondary N) is 2. The Morgan fingerprint density at radius 2 is 1.85 bits per heavy atom. The van der Waals surface area contributed by atoms with Crippen molar-refractivity contribution in [2.45, 2.75) is 6.92 Å².